The molecule has 228 valence electrons. The molecule has 0 radical (unpaired) electrons. The lowest BCUT2D eigenvalue weighted by Gasteiger charge is -2.33. The van der Waals surface area contributed by atoms with E-state index < -0.39 is 48.8 Å². The maximum absolute atomic E-state index is 14.0. The zero-order valence-corrected chi connectivity index (χ0v) is 23.3. The van der Waals surface area contributed by atoms with Crippen molar-refractivity contribution in [3.8, 4) is 0 Å². The molecular formula is C28H33F5N6O3. The minimum atomic E-state index is -4.43. The summed E-state index contributed by atoms with van der Waals surface area (Å²) in [4.78, 5) is 30.3. The highest BCUT2D eigenvalue weighted by atomic mass is 19.4. The van der Waals surface area contributed by atoms with E-state index in [0.717, 1.165) is 12.8 Å². The highest BCUT2D eigenvalue weighted by Crippen LogP contribution is 2.43. The van der Waals surface area contributed by atoms with Crippen LogP contribution >= 0.6 is 0 Å². The Kier molecular flexibility index (Phi) is 8.26. The van der Waals surface area contributed by atoms with Gasteiger partial charge < -0.3 is 15.2 Å². The van der Waals surface area contributed by atoms with Gasteiger partial charge in [0, 0.05) is 24.8 Å². The van der Waals surface area contributed by atoms with Crippen molar-refractivity contribution in [3.63, 3.8) is 0 Å². The smallest absolute Gasteiger partial charge is 0.364 e. The molecule has 3 heterocycles. The van der Waals surface area contributed by atoms with Crippen LogP contribution in [0.1, 0.15) is 111 Å². The SMILES string of the molecule is CC(C)c1conc1C(=O)N[C@H](c1cn2ncc([C@H](NC(=O)CCC(F)(F)F)C3CC3)cc2n1)C1CCC(F)(F)CC1. The van der Waals surface area contributed by atoms with Gasteiger partial charge in [0.1, 0.15) is 6.26 Å². The van der Waals surface area contributed by atoms with Crippen molar-refractivity contribution in [3.05, 3.63) is 47.2 Å². The number of nitrogens with zero attached hydrogens (tertiary/aromatic N) is 4. The lowest BCUT2D eigenvalue weighted by atomic mass is 9.81. The Morgan fingerprint density at radius 1 is 1.10 bits per heavy atom. The highest BCUT2D eigenvalue weighted by molar-refractivity contribution is 5.94. The maximum Gasteiger partial charge on any atom is 0.389 e. The van der Waals surface area contributed by atoms with Crippen LogP contribution in [0.25, 0.3) is 5.65 Å². The van der Waals surface area contributed by atoms with Crippen LogP contribution in [0.5, 0.6) is 0 Å². The van der Waals surface area contributed by atoms with Crippen LogP contribution in [0.3, 0.4) is 0 Å². The van der Waals surface area contributed by atoms with Crippen LogP contribution in [0, 0.1) is 11.8 Å². The number of imidazole rings is 1. The molecule has 0 saturated heterocycles. The van der Waals surface area contributed by atoms with E-state index >= 15 is 0 Å². The molecule has 2 amide bonds. The fraction of sp³-hybridized carbons (Fsp3) is 0.607. The summed E-state index contributed by atoms with van der Waals surface area (Å²) >= 11 is 0. The average molecular weight is 597 g/mol. The molecule has 2 aliphatic carbocycles. The number of carbonyl (C=O) groups is 2. The van der Waals surface area contributed by atoms with E-state index in [0.29, 0.717) is 22.5 Å². The Balaban J connectivity index is 1.40. The Labute approximate surface area is 238 Å². The van der Waals surface area contributed by atoms with Crippen LogP contribution in [0.4, 0.5) is 22.0 Å². The lowest BCUT2D eigenvalue weighted by Crippen LogP contribution is -2.37. The van der Waals surface area contributed by atoms with Crippen molar-refractivity contribution in [2.75, 3.05) is 0 Å². The number of hydrogen-bond acceptors (Lipinski definition) is 6. The highest BCUT2D eigenvalue weighted by Gasteiger charge is 2.40. The predicted octanol–water partition coefficient (Wildman–Crippen LogP) is 6.05. The van der Waals surface area contributed by atoms with Crippen molar-refractivity contribution in [1.82, 2.24) is 30.4 Å². The van der Waals surface area contributed by atoms with Crippen molar-refractivity contribution in [2.24, 2.45) is 11.8 Å². The number of carbonyl (C=O) groups excluding carboxylic acids is 2. The van der Waals surface area contributed by atoms with E-state index in [2.05, 4.69) is 25.9 Å². The van der Waals surface area contributed by atoms with E-state index in [1.807, 2.05) is 13.8 Å². The molecule has 42 heavy (non-hydrogen) atoms. The zero-order valence-electron chi connectivity index (χ0n) is 23.3. The largest absolute Gasteiger partial charge is 0.389 e. The third-order valence-corrected chi connectivity index (χ3v) is 8.04. The molecule has 0 aromatic carbocycles. The van der Waals surface area contributed by atoms with Crippen molar-refractivity contribution < 1.29 is 36.1 Å². The van der Waals surface area contributed by atoms with Crippen molar-refractivity contribution >= 4 is 17.5 Å². The van der Waals surface area contributed by atoms with E-state index in [4.69, 9.17) is 4.52 Å². The molecule has 0 unspecified atom stereocenters. The fourth-order valence-corrected chi connectivity index (χ4v) is 5.50. The summed E-state index contributed by atoms with van der Waals surface area (Å²) in [6.07, 6.45) is -0.370. The molecular weight excluding hydrogens is 563 g/mol. The lowest BCUT2D eigenvalue weighted by molar-refractivity contribution is -0.144. The first-order valence-electron chi connectivity index (χ1n) is 14.1. The van der Waals surface area contributed by atoms with Gasteiger partial charge in [0.15, 0.2) is 11.3 Å². The van der Waals surface area contributed by atoms with Crippen molar-refractivity contribution in [2.45, 2.75) is 95.3 Å². The molecule has 0 spiro atoms. The van der Waals surface area contributed by atoms with Crippen LogP contribution in [0.15, 0.2) is 29.2 Å². The number of hydrogen-bond donors (Lipinski definition) is 2. The molecule has 14 heteroatoms. The summed E-state index contributed by atoms with van der Waals surface area (Å²) < 4.78 is 72.3. The predicted molar refractivity (Wildman–Crippen MR) is 140 cm³/mol. The van der Waals surface area contributed by atoms with Gasteiger partial charge in [-0.2, -0.15) is 18.3 Å². The number of alkyl halides is 5. The number of aromatic nitrogens is 4. The second-order valence-corrected chi connectivity index (χ2v) is 11.7. The first kappa shape index (κ1) is 29.9. The maximum atomic E-state index is 14.0. The summed E-state index contributed by atoms with van der Waals surface area (Å²) in [7, 11) is 0. The van der Waals surface area contributed by atoms with Crippen molar-refractivity contribution in [1.29, 1.82) is 0 Å². The van der Waals surface area contributed by atoms with Gasteiger partial charge in [-0.3, -0.25) is 9.59 Å². The number of amides is 2. The quantitative estimate of drug-likeness (QED) is 0.276. The molecule has 2 fully saturated rings. The summed E-state index contributed by atoms with van der Waals surface area (Å²) in [6.45, 7) is 3.78. The molecule has 2 N–H and O–H groups in total. The van der Waals surface area contributed by atoms with Crippen LogP contribution in [0.2, 0.25) is 0 Å². The fourth-order valence-electron chi connectivity index (χ4n) is 5.50. The molecule has 3 aromatic heterocycles. The molecule has 2 aliphatic rings. The molecule has 5 rings (SSSR count). The van der Waals surface area contributed by atoms with Gasteiger partial charge in [-0.25, -0.2) is 18.3 Å². The molecule has 9 nitrogen and oxygen atoms in total. The number of nitrogens with one attached hydrogen (secondary N) is 2. The normalized spacial score (nSPS) is 19.1. The van der Waals surface area contributed by atoms with Crippen LogP contribution in [-0.4, -0.2) is 43.7 Å². The topological polar surface area (TPSA) is 114 Å². The first-order chi connectivity index (χ1) is 19.8. The summed E-state index contributed by atoms with van der Waals surface area (Å²) in [5.41, 5.74) is 2.15. The Hall–Kier alpha value is -3.58. The van der Waals surface area contributed by atoms with Gasteiger partial charge in [0.05, 0.1) is 36.6 Å². The molecule has 3 aromatic rings. The van der Waals surface area contributed by atoms with E-state index in [-0.39, 0.29) is 49.1 Å². The standard InChI is InChI=1S/C28H33F5N6O3/c1-15(2)19-14-42-38-25(19)26(41)37-24(17-5-8-27(29,30)9-6-17)20-13-39-21(35-20)11-18(12-34-39)23(16-3-4-16)36-22(40)7-10-28(31,32)33/h11-17,23-24H,3-10H2,1-2H3,(H,36,40)(H,37,41)/t23-,24+/m1/s1. The first-order valence-corrected chi connectivity index (χ1v) is 14.1. The Morgan fingerprint density at radius 3 is 2.43 bits per heavy atom. The molecule has 0 bridgehead atoms. The van der Waals surface area contributed by atoms with E-state index in [9.17, 15) is 31.5 Å². The van der Waals surface area contributed by atoms with Gasteiger partial charge >= 0.3 is 6.18 Å². The summed E-state index contributed by atoms with van der Waals surface area (Å²) in [5.74, 6) is -4.24. The van der Waals surface area contributed by atoms with Gasteiger partial charge in [0.2, 0.25) is 11.8 Å². The summed E-state index contributed by atoms with van der Waals surface area (Å²) in [6, 6.07) is 0.476. The van der Waals surface area contributed by atoms with Gasteiger partial charge in [-0.05, 0) is 55.1 Å². The Morgan fingerprint density at radius 2 is 1.79 bits per heavy atom. The van der Waals surface area contributed by atoms with E-state index in [1.165, 1.54) is 17.0 Å². The third-order valence-electron chi connectivity index (χ3n) is 8.04. The second kappa shape index (κ2) is 11.6. The van der Waals surface area contributed by atoms with Crippen LogP contribution in [-0.2, 0) is 4.79 Å². The third kappa shape index (κ3) is 7.06. The van der Waals surface area contributed by atoms with Crippen LogP contribution < -0.4 is 10.6 Å². The summed E-state index contributed by atoms with van der Waals surface area (Å²) in [5, 5.41) is 13.9. The molecule has 2 atom stereocenters. The number of fused-ring (bicyclic) bond motifs is 1. The minimum absolute atomic E-state index is 0.0324. The molecule has 2 saturated carbocycles. The monoisotopic (exact) mass is 596 g/mol. The number of halogens is 5. The minimum Gasteiger partial charge on any atom is -0.364 e. The van der Waals surface area contributed by atoms with Gasteiger partial charge in [-0.15, -0.1) is 0 Å². The van der Waals surface area contributed by atoms with E-state index in [1.54, 1.807) is 12.3 Å². The molecule has 0 aliphatic heterocycles. The zero-order chi connectivity index (χ0) is 30.2. The van der Waals surface area contributed by atoms with Gasteiger partial charge in [0.25, 0.3) is 5.91 Å². The van der Waals surface area contributed by atoms with Gasteiger partial charge in [-0.1, -0.05) is 19.0 Å². The Bertz CT molecular complexity index is 1420. The number of rotatable bonds is 10. The second-order valence-electron chi connectivity index (χ2n) is 11.7. The average Bonchev–Trinajstić information content (AvgIpc) is 3.47.